The predicted octanol–water partition coefficient (Wildman–Crippen LogP) is 2.08. The second-order valence-corrected chi connectivity index (χ2v) is 4.44. The number of nitrogens with one attached hydrogen (secondary N) is 1. The van der Waals surface area contributed by atoms with Crippen molar-refractivity contribution in [2.24, 2.45) is 5.73 Å². The molecule has 3 N–H and O–H groups in total. The molecule has 1 aromatic carbocycles. The topological polar surface area (TPSA) is 38.0 Å². The Morgan fingerprint density at radius 2 is 2.29 bits per heavy atom. The van der Waals surface area contributed by atoms with Gasteiger partial charge in [-0.25, -0.2) is 0 Å². The van der Waals surface area contributed by atoms with Crippen LogP contribution in [0.1, 0.15) is 10.4 Å². The summed E-state index contributed by atoms with van der Waals surface area (Å²) in [7, 11) is 1.97. The number of thiophene rings is 1. The predicted molar refractivity (Wildman–Crippen MR) is 62.5 cm³/mol. The van der Waals surface area contributed by atoms with Gasteiger partial charge in [0.05, 0.1) is 0 Å². The number of fused-ring (bicyclic) bond motifs is 1. The first-order valence-corrected chi connectivity index (χ1v) is 5.52. The van der Waals surface area contributed by atoms with Gasteiger partial charge in [0, 0.05) is 22.7 Å². The highest BCUT2D eigenvalue weighted by atomic mass is 32.1. The van der Waals surface area contributed by atoms with Gasteiger partial charge in [-0.05, 0) is 30.1 Å². The normalized spacial score (nSPS) is 11.0. The van der Waals surface area contributed by atoms with Crippen LogP contribution < -0.4 is 11.1 Å². The molecule has 0 aliphatic rings. The molecule has 3 heteroatoms. The van der Waals surface area contributed by atoms with Crippen molar-refractivity contribution >= 4 is 21.4 Å². The van der Waals surface area contributed by atoms with E-state index in [-0.39, 0.29) is 0 Å². The van der Waals surface area contributed by atoms with Crippen molar-refractivity contribution in [1.82, 2.24) is 5.32 Å². The molecule has 2 aromatic rings. The van der Waals surface area contributed by atoms with E-state index in [1.165, 1.54) is 20.5 Å². The van der Waals surface area contributed by atoms with Gasteiger partial charge >= 0.3 is 0 Å². The zero-order chi connectivity index (χ0) is 9.97. The van der Waals surface area contributed by atoms with Crippen molar-refractivity contribution in [2.45, 2.75) is 13.1 Å². The van der Waals surface area contributed by atoms with E-state index in [4.69, 9.17) is 5.73 Å². The maximum absolute atomic E-state index is 5.69. The summed E-state index contributed by atoms with van der Waals surface area (Å²) in [6.45, 7) is 1.55. The van der Waals surface area contributed by atoms with Gasteiger partial charge in [0.15, 0.2) is 0 Å². The number of nitrogens with two attached hydrogens (primary N) is 1. The van der Waals surface area contributed by atoms with E-state index in [0.29, 0.717) is 6.54 Å². The second-order valence-electron chi connectivity index (χ2n) is 3.28. The summed E-state index contributed by atoms with van der Waals surface area (Å²) in [5, 5.41) is 4.47. The molecule has 0 spiro atoms. The van der Waals surface area contributed by atoms with Gasteiger partial charge in [0.2, 0.25) is 0 Å². The third-order valence-corrected chi connectivity index (χ3v) is 3.37. The van der Waals surface area contributed by atoms with Crippen LogP contribution in [0.25, 0.3) is 10.1 Å². The molecule has 0 unspecified atom stereocenters. The lowest BCUT2D eigenvalue weighted by Gasteiger charge is -1.96. The second kappa shape index (κ2) is 4.09. The highest BCUT2D eigenvalue weighted by Gasteiger charge is 2.03. The minimum absolute atomic E-state index is 0.618. The van der Waals surface area contributed by atoms with Crippen molar-refractivity contribution in [1.29, 1.82) is 0 Å². The lowest BCUT2D eigenvalue weighted by Crippen LogP contribution is -2.02. The van der Waals surface area contributed by atoms with Crippen molar-refractivity contribution in [3.63, 3.8) is 0 Å². The molecule has 74 valence electrons. The molecular formula is C11H14N2S. The lowest BCUT2D eigenvalue weighted by atomic mass is 10.1. The van der Waals surface area contributed by atoms with Gasteiger partial charge in [-0.2, -0.15) is 0 Å². The molecule has 0 amide bonds. The molecule has 1 aromatic heterocycles. The van der Waals surface area contributed by atoms with E-state index in [1.54, 1.807) is 0 Å². The Kier molecular flexibility index (Phi) is 2.82. The van der Waals surface area contributed by atoms with Gasteiger partial charge in [0.1, 0.15) is 0 Å². The van der Waals surface area contributed by atoms with Crippen LogP contribution in [0.15, 0.2) is 24.3 Å². The Morgan fingerprint density at radius 3 is 3.00 bits per heavy atom. The van der Waals surface area contributed by atoms with Crippen molar-refractivity contribution in [3.05, 3.63) is 34.7 Å². The van der Waals surface area contributed by atoms with E-state index in [9.17, 15) is 0 Å². The first kappa shape index (κ1) is 9.65. The largest absolute Gasteiger partial charge is 0.326 e. The van der Waals surface area contributed by atoms with E-state index in [2.05, 4.69) is 29.6 Å². The molecule has 0 atom stereocenters. The third-order valence-electron chi connectivity index (χ3n) is 2.27. The molecule has 0 bridgehead atoms. The molecule has 0 aliphatic heterocycles. The lowest BCUT2D eigenvalue weighted by molar-refractivity contribution is 0.832. The average Bonchev–Trinajstić information content (AvgIpc) is 2.60. The Hall–Kier alpha value is -0.900. The maximum atomic E-state index is 5.69. The number of hydrogen-bond acceptors (Lipinski definition) is 3. The third kappa shape index (κ3) is 1.66. The standard InChI is InChI=1S/C11H14N2S/c1-13-7-9-5-10-8(6-12)3-2-4-11(10)14-9/h2-5,13H,6-7,12H2,1H3. The molecule has 14 heavy (non-hydrogen) atoms. The van der Waals surface area contributed by atoms with E-state index < -0.39 is 0 Å². The van der Waals surface area contributed by atoms with Crippen LogP contribution in [-0.4, -0.2) is 7.05 Å². The molecule has 0 radical (unpaired) electrons. The smallest absolute Gasteiger partial charge is 0.0349 e. The molecule has 0 saturated carbocycles. The Labute approximate surface area is 87.7 Å². The zero-order valence-corrected chi connectivity index (χ0v) is 9.03. The van der Waals surface area contributed by atoms with Crippen LogP contribution in [0, 0.1) is 0 Å². The van der Waals surface area contributed by atoms with Gasteiger partial charge < -0.3 is 11.1 Å². The van der Waals surface area contributed by atoms with Crippen LogP contribution in [0.5, 0.6) is 0 Å². The number of benzene rings is 1. The molecular weight excluding hydrogens is 192 g/mol. The van der Waals surface area contributed by atoms with Gasteiger partial charge in [-0.1, -0.05) is 12.1 Å². The molecule has 2 nitrogen and oxygen atoms in total. The number of hydrogen-bond donors (Lipinski definition) is 2. The molecule has 0 fully saturated rings. The van der Waals surface area contributed by atoms with E-state index in [1.807, 2.05) is 18.4 Å². The Morgan fingerprint density at radius 1 is 1.43 bits per heavy atom. The summed E-state index contributed by atoms with van der Waals surface area (Å²) in [5.74, 6) is 0. The van der Waals surface area contributed by atoms with Gasteiger partial charge in [-0.15, -0.1) is 11.3 Å². The first-order chi connectivity index (χ1) is 6.85. The highest BCUT2D eigenvalue weighted by molar-refractivity contribution is 7.19. The van der Waals surface area contributed by atoms with Crippen molar-refractivity contribution in [3.8, 4) is 0 Å². The Bertz CT molecular complexity index is 434. The minimum atomic E-state index is 0.618. The van der Waals surface area contributed by atoms with E-state index >= 15 is 0 Å². The summed E-state index contributed by atoms with van der Waals surface area (Å²) in [4.78, 5) is 1.36. The molecule has 0 saturated heterocycles. The SMILES string of the molecule is CNCc1cc2c(CN)cccc2s1. The zero-order valence-electron chi connectivity index (χ0n) is 8.21. The fourth-order valence-corrected chi connectivity index (χ4v) is 2.74. The average molecular weight is 206 g/mol. The quantitative estimate of drug-likeness (QED) is 0.807. The summed E-state index contributed by atoms with van der Waals surface area (Å²) in [5.41, 5.74) is 6.93. The van der Waals surface area contributed by atoms with Crippen LogP contribution >= 0.6 is 11.3 Å². The molecule has 0 aliphatic carbocycles. The monoisotopic (exact) mass is 206 g/mol. The maximum Gasteiger partial charge on any atom is 0.0349 e. The fourth-order valence-electron chi connectivity index (χ4n) is 1.61. The fraction of sp³-hybridized carbons (Fsp3) is 0.273. The summed E-state index contributed by atoms with van der Waals surface area (Å²) in [6.07, 6.45) is 0. The van der Waals surface area contributed by atoms with E-state index in [0.717, 1.165) is 6.54 Å². The van der Waals surface area contributed by atoms with Gasteiger partial charge in [-0.3, -0.25) is 0 Å². The van der Waals surface area contributed by atoms with Gasteiger partial charge in [0.25, 0.3) is 0 Å². The minimum Gasteiger partial charge on any atom is -0.326 e. The van der Waals surface area contributed by atoms with Crippen LogP contribution in [0.3, 0.4) is 0 Å². The molecule has 2 rings (SSSR count). The molecule has 1 heterocycles. The summed E-state index contributed by atoms with van der Waals surface area (Å²) < 4.78 is 1.33. The highest BCUT2D eigenvalue weighted by Crippen LogP contribution is 2.28. The summed E-state index contributed by atoms with van der Waals surface area (Å²) in [6, 6.07) is 8.55. The van der Waals surface area contributed by atoms with Crippen molar-refractivity contribution < 1.29 is 0 Å². The first-order valence-electron chi connectivity index (χ1n) is 4.70. The van der Waals surface area contributed by atoms with Crippen LogP contribution in [-0.2, 0) is 13.1 Å². The van der Waals surface area contributed by atoms with Crippen molar-refractivity contribution in [2.75, 3.05) is 7.05 Å². The van der Waals surface area contributed by atoms with Crippen LogP contribution in [0.2, 0.25) is 0 Å². The number of rotatable bonds is 3. The Balaban J connectivity index is 2.52. The summed E-state index contributed by atoms with van der Waals surface area (Å²) >= 11 is 1.83. The van der Waals surface area contributed by atoms with Crippen LogP contribution in [0.4, 0.5) is 0 Å².